The van der Waals surface area contributed by atoms with Crippen molar-refractivity contribution in [1.29, 1.82) is 5.26 Å². The number of carbonyl (C=O) groups is 2. The molecule has 0 saturated carbocycles. The first-order valence-electron chi connectivity index (χ1n) is 13.2. The molecule has 1 aromatic heterocycles. The number of ether oxygens (including phenoxy) is 1. The van der Waals surface area contributed by atoms with Crippen molar-refractivity contribution in [1.82, 2.24) is 20.1 Å². The zero-order valence-electron chi connectivity index (χ0n) is 23.4. The second-order valence-electron chi connectivity index (χ2n) is 9.70. The summed E-state index contributed by atoms with van der Waals surface area (Å²) in [7, 11) is 0. The quantitative estimate of drug-likeness (QED) is 0.273. The molecular formula is C30H24F3N7O3S. The largest absolute Gasteiger partial charge is 0.573 e. The molecule has 1 aliphatic heterocycles. The maximum absolute atomic E-state index is 12.7. The Balaban J connectivity index is 1.22. The summed E-state index contributed by atoms with van der Waals surface area (Å²) in [5.74, 6) is -0.657. The van der Waals surface area contributed by atoms with Gasteiger partial charge in [0.1, 0.15) is 12.1 Å². The average molecular weight is 620 g/mol. The second-order valence-corrected chi connectivity index (χ2v) is 10.6. The van der Waals surface area contributed by atoms with Crippen molar-refractivity contribution in [3.63, 3.8) is 0 Å². The molecule has 3 aromatic carbocycles. The standard InChI is InChI=1S/C30H24F3N7O3S/c1-18-4-3-5-19(2)26(18)40-25(41)16-44-29(40)37-28(42)35-15-22(14-34)20-6-8-21(9-7-20)27-36-17-39(38-27)23-10-12-24(13-11-23)43-30(31,32)33/h3-13,17,22H,15-16H2,1-2H3,(H,35,42). The lowest BCUT2D eigenvalue weighted by atomic mass is 9.99. The number of aromatic nitrogens is 3. The van der Waals surface area contributed by atoms with E-state index in [2.05, 4.69) is 31.2 Å². The number of anilines is 1. The number of thioether (sulfide) groups is 1. The number of benzene rings is 3. The number of rotatable bonds is 7. The minimum Gasteiger partial charge on any atom is -0.406 e. The van der Waals surface area contributed by atoms with Crippen molar-refractivity contribution >= 4 is 34.6 Å². The predicted octanol–water partition coefficient (Wildman–Crippen LogP) is 5.90. The molecule has 14 heteroatoms. The maximum Gasteiger partial charge on any atom is 0.573 e. The Bertz CT molecular complexity index is 1740. The Morgan fingerprint density at radius 1 is 1.11 bits per heavy atom. The lowest BCUT2D eigenvalue weighted by Gasteiger charge is -2.20. The summed E-state index contributed by atoms with van der Waals surface area (Å²) in [4.78, 5) is 35.2. The van der Waals surface area contributed by atoms with E-state index in [1.54, 1.807) is 24.3 Å². The molecule has 1 atom stereocenters. The third-order valence-corrected chi connectivity index (χ3v) is 7.56. The number of urea groups is 1. The molecule has 1 aliphatic rings. The molecule has 0 bridgehead atoms. The number of hydrogen-bond acceptors (Lipinski definition) is 7. The highest BCUT2D eigenvalue weighted by Gasteiger charge is 2.33. The van der Waals surface area contributed by atoms with Crippen LogP contribution in [0.3, 0.4) is 0 Å². The van der Waals surface area contributed by atoms with Crippen LogP contribution < -0.4 is 15.0 Å². The minimum absolute atomic E-state index is 0.00556. The molecule has 1 N–H and O–H groups in total. The molecule has 1 saturated heterocycles. The Morgan fingerprint density at radius 2 is 1.80 bits per heavy atom. The first kappa shape index (κ1) is 30.3. The van der Waals surface area contributed by atoms with Gasteiger partial charge in [-0.2, -0.15) is 10.3 Å². The number of aliphatic imine (C=N–C) groups is 1. The normalized spacial score (nSPS) is 14.9. The lowest BCUT2D eigenvalue weighted by molar-refractivity contribution is -0.274. The molecule has 3 amide bonds. The fourth-order valence-corrected chi connectivity index (χ4v) is 5.41. The Labute approximate surface area is 254 Å². The zero-order chi connectivity index (χ0) is 31.4. The van der Waals surface area contributed by atoms with E-state index >= 15 is 0 Å². The minimum atomic E-state index is -4.78. The number of hydrogen-bond donors (Lipinski definition) is 1. The Morgan fingerprint density at radius 3 is 2.43 bits per heavy atom. The topological polar surface area (TPSA) is 126 Å². The molecule has 1 fully saturated rings. The second kappa shape index (κ2) is 12.6. The van der Waals surface area contributed by atoms with Crippen molar-refractivity contribution in [2.75, 3.05) is 17.2 Å². The fourth-order valence-electron chi connectivity index (χ4n) is 4.56. The molecule has 224 valence electrons. The molecule has 0 aliphatic carbocycles. The van der Waals surface area contributed by atoms with Crippen LogP contribution in [-0.4, -0.2) is 50.5 Å². The highest BCUT2D eigenvalue weighted by molar-refractivity contribution is 8.15. The van der Waals surface area contributed by atoms with Crippen LogP contribution in [0.4, 0.5) is 23.7 Å². The third-order valence-electron chi connectivity index (χ3n) is 6.64. The molecule has 44 heavy (non-hydrogen) atoms. The fraction of sp³-hybridized carbons (Fsp3) is 0.200. The summed E-state index contributed by atoms with van der Waals surface area (Å²) in [6, 6.07) is 19.3. The Kier molecular flexibility index (Phi) is 8.68. The van der Waals surface area contributed by atoms with E-state index in [1.165, 1.54) is 51.9 Å². The highest BCUT2D eigenvalue weighted by atomic mass is 32.2. The van der Waals surface area contributed by atoms with Crippen LogP contribution in [0.25, 0.3) is 17.1 Å². The number of amidine groups is 1. The van der Waals surface area contributed by atoms with Gasteiger partial charge in [-0.3, -0.25) is 9.69 Å². The molecule has 0 spiro atoms. The molecule has 5 rings (SSSR count). The van der Waals surface area contributed by atoms with E-state index in [4.69, 9.17) is 0 Å². The van der Waals surface area contributed by atoms with Gasteiger partial charge >= 0.3 is 12.4 Å². The van der Waals surface area contributed by atoms with Gasteiger partial charge in [0, 0.05) is 12.1 Å². The highest BCUT2D eigenvalue weighted by Crippen LogP contribution is 2.32. The molecule has 2 heterocycles. The van der Waals surface area contributed by atoms with Gasteiger partial charge in [0.2, 0.25) is 5.91 Å². The van der Waals surface area contributed by atoms with Crippen LogP contribution in [0.2, 0.25) is 0 Å². The van der Waals surface area contributed by atoms with Crippen LogP contribution >= 0.6 is 11.8 Å². The first-order chi connectivity index (χ1) is 21.0. The smallest absolute Gasteiger partial charge is 0.406 e. The van der Waals surface area contributed by atoms with Crippen LogP contribution in [0.15, 0.2) is 78.0 Å². The first-order valence-corrected chi connectivity index (χ1v) is 14.2. The predicted molar refractivity (Wildman–Crippen MR) is 159 cm³/mol. The van der Waals surface area contributed by atoms with Crippen molar-refractivity contribution in [2.45, 2.75) is 26.1 Å². The molecular weight excluding hydrogens is 595 g/mol. The molecule has 4 aromatic rings. The van der Waals surface area contributed by atoms with Gasteiger partial charge in [0.25, 0.3) is 0 Å². The van der Waals surface area contributed by atoms with Crippen LogP contribution in [0.5, 0.6) is 5.75 Å². The summed E-state index contributed by atoms with van der Waals surface area (Å²) in [6.45, 7) is 3.77. The van der Waals surface area contributed by atoms with Crippen LogP contribution in [-0.2, 0) is 4.79 Å². The van der Waals surface area contributed by atoms with E-state index in [0.717, 1.165) is 11.1 Å². The van der Waals surface area contributed by atoms with E-state index in [1.807, 2.05) is 32.0 Å². The summed E-state index contributed by atoms with van der Waals surface area (Å²) >= 11 is 1.18. The summed E-state index contributed by atoms with van der Waals surface area (Å²) in [6.07, 6.45) is -3.35. The van der Waals surface area contributed by atoms with E-state index < -0.39 is 18.3 Å². The number of amides is 3. The van der Waals surface area contributed by atoms with Crippen molar-refractivity contribution < 1.29 is 27.5 Å². The number of para-hydroxylation sites is 1. The number of carbonyl (C=O) groups excluding carboxylic acids is 2. The van der Waals surface area contributed by atoms with Gasteiger partial charge in [-0.1, -0.05) is 54.2 Å². The van der Waals surface area contributed by atoms with Gasteiger partial charge in [-0.05, 0) is 54.8 Å². The van der Waals surface area contributed by atoms with Gasteiger partial charge in [-0.25, -0.2) is 14.5 Å². The maximum atomic E-state index is 12.7. The van der Waals surface area contributed by atoms with Gasteiger partial charge in [0.15, 0.2) is 11.0 Å². The van der Waals surface area contributed by atoms with Gasteiger partial charge in [0.05, 0.1) is 29.1 Å². The van der Waals surface area contributed by atoms with Gasteiger partial charge < -0.3 is 10.1 Å². The number of halogens is 3. The lowest BCUT2D eigenvalue weighted by Crippen LogP contribution is -2.33. The number of nitrogens with zero attached hydrogens (tertiary/aromatic N) is 6. The van der Waals surface area contributed by atoms with Crippen LogP contribution in [0.1, 0.15) is 22.6 Å². The summed E-state index contributed by atoms with van der Waals surface area (Å²) in [5.41, 5.74) is 4.25. The molecule has 0 radical (unpaired) electrons. The third kappa shape index (κ3) is 6.90. The number of alkyl halides is 3. The van der Waals surface area contributed by atoms with Crippen molar-refractivity contribution in [3.8, 4) is 28.9 Å². The van der Waals surface area contributed by atoms with E-state index in [-0.39, 0.29) is 29.1 Å². The van der Waals surface area contributed by atoms with Gasteiger partial charge in [-0.15, -0.1) is 18.3 Å². The number of aryl methyl sites for hydroxylation is 2. The summed E-state index contributed by atoms with van der Waals surface area (Å²) in [5, 5.41) is 17.1. The zero-order valence-corrected chi connectivity index (χ0v) is 24.2. The van der Waals surface area contributed by atoms with Crippen molar-refractivity contribution in [2.24, 2.45) is 4.99 Å². The van der Waals surface area contributed by atoms with Crippen molar-refractivity contribution in [3.05, 3.63) is 89.7 Å². The number of nitrogens with one attached hydrogen (secondary N) is 1. The molecule has 1 unspecified atom stereocenters. The molecule has 10 nitrogen and oxygen atoms in total. The summed E-state index contributed by atoms with van der Waals surface area (Å²) < 4.78 is 42.5. The Hall–Kier alpha value is -5.16. The van der Waals surface area contributed by atoms with Crippen LogP contribution in [0, 0.1) is 25.2 Å². The number of nitriles is 1. The van der Waals surface area contributed by atoms with E-state index in [0.29, 0.717) is 28.3 Å². The monoisotopic (exact) mass is 619 g/mol. The van der Waals surface area contributed by atoms with E-state index in [9.17, 15) is 28.0 Å². The average Bonchev–Trinajstić information content (AvgIpc) is 3.61. The SMILES string of the molecule is Cc1cccc(C)c1N1C(=O)CSC1=NC(=O)NCC(C#N)c1ccc(-c2ncn(-c3ccc(OC(F)(F)F)cc3)n2)cc1.